The van der Waals surface area contributed by atoms with Gasteiger partial charge in [0.1, 0.15) is 11.6 Å². The Bertz CT molecular complexity index is 617. The minimum absolute atomic E-state index is 0.0547. The van der Waals surface area contributed by atoms with Gasteiger partial charge in [-0.1, -0.05) is 29.4 Å². The molecular formula is C15H14ClF2NS. The quantitative estimate of drug-likeness (QED) is 0.888. The standard InChI is InChI=1S/C15H14ClF2NS/c1-9(19)6-10-2-4-14(12(16)7-10)20-15-5-3-11(17)8-13(15)18/h2-5,7-9H,6,19H2,1H3. The minimum atomic E-state index is -0.592. The number of hydrogen-bond donors (Lipinski definition) is 1. The van der Waals surface area contributed by atoms with Crippen LogP contribution >= 0.6 is 23.4 Å². The van der Waals surface area contributed by atoms with Crippen LogP contribution < -0.4 is 5.73 Å². The Labute approximate surface area is 126 Å². The van der Waals surface area contributed by atoms with Gasteiger partial charge in [0.15, 0.2) is 0 Å². The van der Waals surface area contributed by atoms with Crippen LogP contribution in [0.25, 0.3) is 0 Å². The molecule has 2 aromatic carbocycles. The Morgan fingerprint density at radius 1 is 1.15 bits per heavy atom. The lowest BCUT2D eigenvalue weighted by atomic mass is 10.1. The molecule has 0 spiro atoms. The summed E-state index contributed by atoms with van der Waals surface area (Å²) in [6.07, 6.45) is 0.732. The van der Waals surface area contributed by atoms with Gasteiger partial charge in [-0.15, -0.1) is 0 Å². The average Bonchev–Trinajstić information content (AvgIpc) is 2.34. The fourth-order valence-corrected chi connectivity index (χ4v) is 2.94. The summed E-state index contributed by atoms with van der Waals surface area (Å²) < 4.78 is 26.5. The van der Waals surface area contributed by atoms with Crippen LogP contribution in [-0.2, 0) is 6.42 Å². The normalized spacial score (nSPS) is 12.4. The summed E-state index contributed by atoms with van der Waals surface area (Å²) in [6.45, 7) is 1.92. The number of halogens is 3. The molecule has 0 aliphatic rings. The average molecular weight is 314 g/mol. The van der Waals surface area contributed by atoms with Gasteiger partial charge < -0.3 is 5.73 Å². The topological polar surface area (TPSA) is 26.0 Å². The molecule has 0 saturated heterocycles. The van der Waals surface area contributed by atoms with E-state index in [1.54, 1.807) is 0 Å². The van der Waals surface area contributed by atoms with Crippen molar-refractivity contribution in [2.24, 2.45) is 5.73 Å². The molecule has 5 heteroatoms. The van der Waals surface area contributed by atoms with Crippen molar-refractivity contribution in [1.82, 2.24) is 0 Å². The molecule has 0 bridgehead atoms. The second-order valence-corrected chi connectivity index (χ2v) is 6.11. The first-order valence-electron chi connectivity index (χ1n) is 6.12. The molecule has 0 saturated carbocycles. The Balaban J connectivity index is 2.21. The van der Waals surface area contributed by atoms with Gasteiger partial charge in [-0.2, -0.15) is 0 Å². The van der Waals surface area contributed by atoms with E-state index in [1.807, 2.05) is 25.1 Å². The first-order chi connectivity index (χ1) is 9.45. The molecule has 20 heavy (non-hydrogen) atoms. The summed E-state index contributed by atoms with van der Waals surface area (Å²) in [5, 5.41) is 0.539. The van der Waals surface area contributed by atoms with Gasteiger partial charge in [0.2, 0.25) is 0 Å². The zero-order valence-electron chi connectivity index (χ0n) is 10.9. The molecule has 0 radical (unpaired) electrons. The van der Waals surface area contributed by atoms with Crippen LogP contribution in [0.1, 0.15) is 12.5 Å². The van der Waals surface area contributed by atoms with E-state index in [9.17, 15) is 8.78 Å². The molecule has 0 fully saturated rings. The number of rotatable bonds is 4. The predicted octanol–water partition coefficient (Wildman–Crippen LogP) is 4.66. The molecule has 1 nitrogen and oxygen atoms in total. The van der Waals surface area contributed by atoms with Crippen molar-refractivity contribution in [2.45, 2.75) is 29.2 Å². The maximum absolute atomic E-state index is 13.6. The van der Waals surface area contributed by atoms with E-state index in [1.165, 1.54) is 23.9 Å². The number of nitrogens with two attached hydrogens (primary N) is 1. The highest BCUT2D eigenvalue weighted by molar-refractivity contribution is 7.99. The summed E-state index contributed by atoms with van der Waals surface area (Å²) in [7, 11) is 0. The lowest BCUT2D eigenvalue weighted by molar-refractivity contribution is 0.565. The Morgan fingerprint density at radius 3 is 2.45 bits per heavy atom. The molecule has 106 valence electrons. The molecule has 0 aliphatic carbocycles. The predicted molar refractivity (Wildman–Crippen MR) is 79.3 cm³/mol. The third-order valence-corrected chi connectivity index (χ3v) is 4.22. The van der Waals surface area contributed by atoms with Gasteiger partial charge in [0, 0.05) is 21.9 Å². The van der Waals surface area contributed by atoms with Crippen molar-refractivity contribution >= 4 is 23.4 Å². The van der Waals surface area contributed by atoms with Crippen LogP contribution in [0.2, 0.25) is 5.02 Å². The highest BCUT2D eigenvalue weighted by atomic mass is 35.5. The highest BCUT2D eigenvalue weighted by Gasteiger charge is 2.09. The summed E-state index contributed by atoms with van der Waals surface area (Å²) >= 11 is 7.36. The fourth-order valence-electron chi connectivity index (χ4n) is 1.80. The first kappa shape index (κ1) is 15.3. The second-order valence-electron chi connectivity index (χ2n) is 4.62. The lowest BCUT2D eigenvalue weighted by Crippen LogP contribution is -2.17. The molecule has 2 aromatic rings. The van der Waals surface area contributed by atoms with Crippen molar-refractivity contribution in [3.63, 3.8) is 0 Å². The zero-order chi connectivity index (χ0) is 14.7. The first-order valence-corrected chi connectivity index (χ1v) is 7.32. The van der Waals surface area contributed by atoms with E-state index in [2.05, 4.69) is 0 Å². The molecule has 0 amide bonds. The summed E-state index contributed by atoms with van der Waals surface area (Å²) in [5.74, 6) is -1.18. The van der Waals surface area contributed by atoms with Gasteiger partial charge in [-0.05, 0) is 43.2 Å². The van der Waals surface area contributed by atoms with E-state index in [4.69, 9.17) is 17.3 Å². The monoisotopic (exact) mass is 313 g/mol. The maximum atomic E-state index is 13.6. The lowest BCUT2D eigenvalue weighted by Gasteiger charge is -2.09. The Hall–Kier alpha value is -1.10. The fraction of sp³-hybridized carbons (Fsp3) is 0.200. The minimum Gasteiger partial charge on any atom is -0.328 e. The van der Waals surface area contributed by atoms with Crippen molar-refractivity contribution in [3.05, 3.63) is 58.6 Å². The van der Waals surface area contributed by atoms with E-state index < -0.39 is 11.6 Å². The van der Waals surface area contributed by atoms with Gasteiger partial charge >= 0.3 is 0 Å². The Kier molecular flexibility index (Phi) is 5.02. The van der Waals surface area contributed by atoms with Crippen LogP contribution in [0.15, 0.2) is 46.2 Å². The van der Waals surface area contributed by atoms with Gasteiger partial charge in [0.05, 0.1) is 5.02 Å². The van der Waals surface area contributed by atoms with Crippen LogP contribution in [0.5, 0.6) is 0 Å². The smallest absolute Gasteiger partial charge is 0.140 e. The summed E-state index contributed by atoms with van der Waals surface area (Å²) in [5.41, 5.74) is 6.77. The van der Waals surface area contributed by atoms with Crippen LogP contribution in [0.4, 0.5) is 8.78 Å². The third kappa shape index (κ3) is 3.95. The van der Waals surface area contributed by atoms with Crippen molar-refractivity contribution < 1.29 is 8.78 Å². The molecule has 2 rings (SSSR count). The van der Waals surface area contributed by atoms with Crippen molar-refractivity contribution in [2.75, 3.05) is 0 Å². The summed E-state index contributed by atoms with van der Waals surface area (Å²) in [6, 6.07) is 9.12. The summed E-state index contributed by atoms with van der Waals surface area (Å²) in [4.78, 5) is 1.07. The van der Waals surface area contributed by atoms with E-state index >= 15 is 0 Å². The second kappa shape index (κ2) is 6.57. The van der Waals surface area contributed by atoms with Crippen LogP contribution in [-0.4, -0.2) is 6.04 Å². The van der Waals surface area contributed by atoms with Crippen molar-refractivity contribution in [3.8, 4) is 0 Å². The van der Waals surface area contributed by atoms with Gasteiger partial charge in [-0.3, -0.25) is 0 Å². The number of hydrogen-bond acceptors (Lipinski definition) is 2. The van der Waals surface area contributed by atoms with E-state index in [0.717, 1.165) is 22.9 Å². The van der Waals surface area contributed by atoms with E-state index in [0.29, 0.717) is 9.92 Å². The van der Waals surface area contributed by atoms with Gasteiger partial charge in [-0.25, -0.2) is 8.78 Å². The number of benzene rings is 2. The highest BCUT2D eigenvalue weighted by Crippen LogP contribution is 2.35. The molecule has 0 aliphatic heterocycles. The van der Waals surface area contributed by atoms with Crippen molar-refractivity contribution in [1.29, 1.82) is 0 Å². The molecule has 0 heterocycles. The largest absolute Gasteiger partial charge is 0.328 e. The third-order valence-electron chi connectivity index (χ3n) is 2.67. The molecule has 1 unspecified atom stereocenters. The SMILES string of the molecule is CC(N)Cc1ccc(Sc2ccc(F)cc2F)c(Cl)c1. The Morgan fingerprint density at radius 2 is 1.85 bits per heavy atom. The maximum Gasteiger partial charge on any atom is 0.140 e. The molecule has 1 atom stereocenters. The van der Waals surface area contributed by atoms with Crippen LogP contribution in [0.3, 0.4) is 0 Å². The zero-order valence-corrected chi connectivity index (χ0v) is 12.4. The molecular weight excluding hydrogens is 300 g/mol. The van der Waals surface area contributed by atoms with Crippen LogP contribution in [0, 0.1) is 11.6 Å². The van der Waals surface area contributed by atoms with Gasteiger partial charge in [0.25, 0.3) is 0 Å². The van der Waals surface area contributed by atoms with E-state index in [-0.39, 0.29) is 6.04 Å². The molecule has 2 N–H and O–H groups in total. The molecule has 0 aromatic heterocycles.